The summed E-state index contributed by atoms with van der Waals surface area (Å²) in [5.41, 5.74) is 1.03. The number of benzene rings is 1. The molecule has 3 nitrogen and oxygen atoms in total. The maximum absolute atomic E-state index is 12.0. The Kier molecular flexibility index (Phi) is 6.36. The molecule has 0 saturated carbocycles. The first-order valence-electron chi connectivity index (χ1n) is 6.51. The van der Waals surface area contributed by atoms with E-state index in [1.807, 2.05) is 30.3 Å². The van der Waals surface area contributed by atoms with Crippen molar-refractivity contribution < 1.29 is 8.42 Å². The van der Waals surface area contributed by atoms with Gasteiger partial charge in [0.05, 0.1) is 11.5 Å². The molecule has 0 aromatic heterocycles. The molecule has 1 unspecified atom stereocenters. The molecule has 0 aliphatic carbocycles. The number of nitrogens with one attached hydrogen (secondary N) is 1. The number of sulfone groups is 1. The Labute approximate surface area is 111 Å². The van der Waals surface area contributed by atoms with E-state index in [1.165, 1.54) is 0 Å². The first kappa shape index (κ1) is 15.2. The average molecular weight is 269 g/mol. The van der Waals surface area contributed by atoms with Gasteiger partial charge in [0, 0.05) is 6.04 Å². The zero-order chi connectivity index (χ0) is 13.4. The molecule has 1 aromatic carbocycles. The quantitative estimate of drug-likeness (QED) is 0.738. The number of hydrogen-bond acceptors (Lipinski definition) is 3. The van der Waals surface area contributed by atoms with E-state index in [0.717, 1.165) is 24.8 Å². The highest BCUT2D eigenvalue weighted by atomic mass is 32.2. The number of hydrogen-bond donors (Lipinski definition) is 1. The summed E-state index contributed by atoms with van der Waals surface area (Å²) in [6.45, 7) is 2.08. The maximum Gasteiger partial charge on any atom is 0.152 e. The fourth-order valence-corrected chi connectivity index (χ4v) is 3.62. The molecule has 1 atom stereocenters. The predicted molar refractivity (Wildman–Crippen MR) is 76.4 cm³/mol. The van der Waals surface area contributed by atoms with E-state index in [9.17, 15) is 8.42 Å². The fourth-order valence-electron chi connectivity index (χ4n) is 1.94. The molecule has 0 spiro atoms. The summed E-state index contributed by atoms with van der Waals surface area (Å²) in [5, 5.41) is 3.09. The Morgan fingerprint density at radius 1 is 1.17 bits per heavy atom. The van der Waals surface area contributed by atoms with Gasteiger partial charge in [0.25, 0.3) is 0 Å². The molecule has 0 heterocycles. The van der Waals surface area contributed by atoms with Crippen LogP contribution in [0.5, 0.6) is 0 Å². The highest BCUT2D eigenvalue weighted by Gasteiger charge is 2.18. The summed E-state index contributed by atoms with van der Waals surface area (Å²) >= 11 is 0. The van der Waals surface area contributed by atoms with E-state index in [4.69, 9.17) is 0 Å². The maximum atomic E-state index is 12.0. The van der Waals surface area contributed by atoms with Gasteiger partial charge < -0.3 is 5.32 Å². The third-order valence-corrected chi connectivity index (χ3v) is 4.78. The molecule has 0 aliphatic rings. The van der Waals surface area contributed by atoms with E-state index in [0.29, 0.717) is 5.75 Å². The number of unbranched alkanes of at least 4 members (excludes halogenated alkanes) is 2. The summed E-state index contributed by atoms with van der Waals surface area (Å²) in [6, 6.07) is 9.61. The lowest BCUT2D eigenvalue weighted by Gasteiger charge is -2.16. The van der Waals surface area contributed by atoms with Crippen LogP contribution in [0.2, 0.25) is 0 Å². The van der Waals surface area contributed by atoms with Crippen LogP contribution in [0.4, 0.5) is 0 Å². The van der Waals surface area contributed by atoms with E-state index < -0.39 is 9.84 Å². The second kappa shape index (κ2) is 7.54. The summed E-state index contributed by atoms with van der Waals surface area (Å²) in [5.74, 6) is 0.475. The standard InChI is InChI=1S/C14H23NO2S/c1-3-4-8-11-18(16,17)12-14(15-2)13-9-6-5-7-10-13/h5-7,9-10,14-15H,3-4,8,11-12H2,1-2H3. The molecule has 1 aromatic rings. The van der Waals surface area contributed by atoms with Crippen molar-refractivity contribution >= 4 is 9.84 Å². The number of rotatable bonds is 8. The lowest BCUT2D eigenvalue weighted by molar-refractivity contribution is 0.570. The van der Waals surface area contributed by atoms with Crippen LogP contribution in [0.1, 0.15) is 37.8 Å². The van der Waals surface area contributed by atoms with Gasteiger partial charge in [-0.25, -0.2) is 8.42 Å². The molecule has 18 heavy (non-hydrogen) atoms. The zero-order valence-electron chi connectivity index (χ0n) is 11.2. The largest absolute Gasteiger partial charge is 0.312 e. The van der Waals surface area contributed by atoms with Gasteiger partial charge in [-0.2, -0.15) is 0 Å². The summed E-state index contributed by atoms with van der Waals surface area (Å²) < 4.78 is 24.0. The van der Waals surface area contributed by atoms with Crippen molar-refractivity contribution in [2.75, 3.05) is 18.6 Å². The molecule has 0 bridgehead atoms. The van der Waals surface area contributed by atoms with Crippen LogP contribution in [0.3, 0.4) is 0 Å². The van der Waals surface area contributed by atoms with E-state index in [-0.39, 0.29) is 11.8 Å². The van der Waals surface area contributed by atoms with Crippen molar-refractivity contribution in [3.05, 3.63) is 35.9 Å². The van der Waals surface area contributed by atoms with Gasteiger partial charge in [0.1, 0.15) is 0 Å². The van der Waals surface area contributed by atoms with Crippen molar-refractivity contribution in [3.8, 4) is 0 Å². The molecule has 102 valence electrons. The van der Waals surface area contributed by atoms with Gasteiger partial charge >= 0.3 is 0 Å². The zero-order valence-corrected chi connectivity index (χ0v) is 12.0. The molecule has 1 N–H and O–H groups in total. The minimum Gasteiger partial charge on any atom is -0.312 e. The molecule has 0 radical (unpaired) electrons. The van der Waals surface area contributed by atoms with Crippen LogP contribution in [0.25, 0.3) is 0 Å². The van der Waals surface area contributed by atoms with Crippen LogP contribution in [-0.4, -0.2) is 27.0 Å². The Balaban J connectivity index is 2.63. The van der Waals surface area contributed by atoms with Crippen molar-refractivity contribution in [2.24, 2.45) is 0 Å². The van der Waals surface area contributed by atoms with Crippen LogP contribution in [0.15, 0.2) is 30.3 Å². The summed E-state index contributed by atoms with van der Waals surface area (Å²) in [7, 11) is -1.17. The Hall–Kier alpha value is -0.870. The topological polar surface area (TPSA) is 46.2 Å². The van der Waals surface area contributed by atoms with Gasteiger partial charge in [-0.1, -0.05) is 50.1 Å². The summed E-state index contributed by atoms with van der Waals surface area (Å²) in [4.78, 5) is 0. The molecular weight excluding hydrogens is 246 g/mol. The molecule has 0 aliphatic heterocycles. The van der Waals surface area contributed by atoms with Gasteiger partial charge in [0.15, 0.2) is 9.84 Å². The molecular formula is C14H23NO2S. The first-order valence-corrected chi connectivity index (χ1v) is 8.34. The smallest absolute Gasteiger partial charge is 0.152 e. The van der Waals surface area contributed by atoms with Crippen LogP contribution in [0, 0.1) is 0 Å². The third-order valence-electron chi connectivity index (χ3n) is 3.03. The Morgan fingerprint density at radius 3 is 2.39 bits per heavy atom. The second-order valence-corrected chi connectivity index (χ2v) is 6.80. The van der Waals surface area contributed by atoms with Crippen LogP contribution < -0.4 is 5.32 Å². The highest BCUT2D eigenvalue weighted by molar-refractivity contribution is 7.91. The van der Waals surface area contributed by atoms with Gasteiger partial charge in [-0.3, -0.25) is 0 Å². The minimum absolute atomic E-state index is 0.113. The summed E-state index contributed by atoms with van der Waals surface area (Å²) in [6.07, 6.45) is 2.79. The third kappa shape index (κ3) is 5.19. The average Bonchev–Trinajstić information content (AvgIpc) is 2.37. The van der Waals surface area contributed by atoms with Crippen molar-refractivity contribution in [2.45, 2.75) is 32.2 Å². The van der Waals surface area contributed by atoms with Crippen LogP contribution in [-0.2, 0) is 9.84 Å². The molecule has 0 amide bonds. The Bertz CT molecular complexity index is 428. The fraction of sp³-hybridized carbons (Fsp3) is 0.571. The SMILES string of the molecule is CCCCCS(=O)(=O)CC(NC)c1ccccc1. The highest BCUT2D eigenvalue weighted by Crippen LogP contribution is 2.15. The molecule has 1 rings (SSSR count). The second-order valence-electron chi connectivity index (χ2n) is 4.57. The van der Waals surface area contributed by atoms with Gasteiger partial charge in [0.2, 0.25) is 0 Å². The van der Waals surface area contributed by atoms with Crippen molar-refractivity contribution in [1.82, 2.24) is 5.32 Å². The van der Waals surface area contributed by atoms with E-state index in [1.54, 1.807) is 7.05 Å². The van der Waals surface area contributed by atoms with Crippen molar-refractivity contribution in [1.29, 1.82) is 0 Å². The predicted octanol–water partition coefficient (Wildman–Crippen LogP) is 2.55. The minimum atomic E-state index is -2.98. The normalized spacial score (nSPS) is 13.4. The van der Waals surface area contributed by atoms with Gasteiger partial charge in [-0.05, 0) is 19.0 Å². The van der Waals surface area contributed by atoms with E-state index >= 15 is 0 Å². The van der Waals surface area contributed by atoms with E-state index in [2.05, 4.69) is 12.2 Å². The van der Waals surface area contributed by atoms with Gasteiger partial charge in [-0.15, -0.1) is 0 Å². The van der Waals surface area contributed by atoms with Crippen molar-refractivity contribution in [3.63, 3.8) is 0 Å². The molecule has 0 fully saturated rings. The lowest BCUT2D eigenvalue weighted by atomic mass is 10.1. The molecule has 4 heteroatoms. The first-order chi connectivity index (χ1) is 8.59. The Morgan fingerprint density at radius 2 is 1.83 bits per heavy atom. The molecule has 0 saturated heterocycles. The monoisotopic (exact) mass is 269 g/mol. The van der Waals surface area contributed by atoms with Crippen LogP contribution >= 0.6 is 0 Å². The lowest BCUT2D eigenvalue weighted by Crippen LogP contribution is -2.26.